The van der Waals surface area contributed by atoms with Crippen LogP contribution in [0.3, 0.4) is 0 Å². The number of fused-ring (bicyclic) bond motifs is 1. The van der Waals surface area contributed by atoms with Crippen LogP contribution in [0.15, 0.2) is 24.5 Å². The van der Waals surface area contributed by atoms with Crippen molar-refractivity contribution in [2.24, 2.45) is 0 Å². The summed E-state index contributed by atoms with van der Waals surface area (Å²) in [6.45, 7) is 1.65. The molecule has 0 radical (unpaired) electrons. The first-order valence-electron chi connectivity index (χ1n) is 5.55. The Balaban J connectivity index is 2.06. The minimum atomic E-state index is 0.398. The molecule has 1 aliphatic heterocycles. The van der Waals surface area contributed by atoms with Crippen molar-refractivity contribution in [3.05, 3.63) is 35.4 Å². The molecule has 4 heteroatoms. The van der Waals surface area contributed by atoms with Crippen LogP contribution in [0.5, 0.6) is 0 Å². The van der Waals surface area contributed by atoms with E-state index >= 15 is 0 Å². The number of aromatic nitrogens is 2. The summed E-state index contributed by atoms with van der Waals surface area (Å²) in [5.41, 5.74) is 0.977. The Bertz CT molecular complexity index is 503. The van der Waals surface area contributed by atoms with Crippen LogP contribution in [-0.4, -0.2) is 22.6 Å². The summed E-state index contributed by atoms with van der Waals surface area (Å²) in [6, 6.07) is 3.84. The predicted molar refractivity (Wildman–Crippen MR) is 63.0 cm³/mol. The van der Waals surface area contributed by atoms with Gasteiger partial charge in [0, 0.05) is 18.7 Å². The predicted octanol–water partition coefficient (Wildman–Crippen LogP) is 2.88. The summed E-state index contributed by atoms with van der Waals surface area (Å²) in [5.74, 6) is 1.46. The molecule has 2 aromatic heterocycles. The third kappa shape index (κ3) is 1.60. The maximum absolute atomic E-state index is 6.12. The zero-order valence-corrected chi connectivity index (χ0v) is 9.65. The lowest BCUT2D eigenvalue weighted by Gasteiger charge is -2.21. The molecular weight excluding hydrogens is 224 g/mol. The van der Waals surface area contributed by atoms with Crippen LogP contribution in [0.4, 0.5) is 0 Å². The van der Waals surface area contributed by atoms with Crippen molar-refractivity contribution in [1.29, 1.82) is 0 Å². The molecule has 84 valence electrons. The fraction of sp³-hybridized carbons (Fsp3) is 0.417. The molecule has 2 aromatic rings. The highest BCUT2D eigenvalue weighted by atomic mass is 35.5. The van der Waals surface area contributed by atoms with E-state index in [-0.39, 0.29) is 0 Å². The van der Waals surface area contributed by atoms with Gasteiger partial charge in [-0.15, -0.1) is 0 Å². The molecule has 0 aromatic carbocycles. The zero-order chi connectivity index (χ0) is 11.0. The number of nitrogens with zero attached hydrogens (tertiary/aromatic N) is 2. The average molecular weight is 237 g/mol. The van der Waals surface area contributed by atoms with E-state index in [0.717, 1.165) is 42.4 Å². The molecule has 0 aliphatic carbocycles. The molecule has 1 unspecified atom stereocenters. The van der Waals surface area contributed by atoms with Crippen LogP contribution in [-0.2, 0) is 4.74 Å². The summed E-state index contributed by atoms with van der Waals surface area (Å²) >= 11 is 6.12. The Hall–Kier alpha value is -1.06. The Morgan fingerprint density at radius 2 is 2.44 bits per heavy atom. The van der Waals surface area contributed by atoms with Crippen LogP contribution < -0.4 is 0 Å². The summed E-state index contributed by atoms with van der Waals surface area (Å²) in [6.07, 6.45) is 6.11. The topological polar surface area (TPSA) is 26.5 Å². The van der Waals surface area contributed by atoms with Gasteiger partial charge in [0.05, 0.1) is 23.3 Å². The molecule has 0 N–H and O–H groups in total. The first-order valence-corrected chi connectivity index (χ1v) is 5.93. The van der Waals surface area contributed by atoms with Gasteiger partial charge in [0.1, 0.15) is 5.82 Å². The summed E-state index contributed by atoms with van der Waals surface area (Å²) < 4.78 is 7.57. The zero-order valence-electron chi connectivity index (χ0n) is 8.90. The molecule has 0 saturated carbocycles. The summed E-state index contributed by atoms with van der Waals surface area (Å²) in [5, 5.41) is 0.748. The van der Waals surface area contributed by atoms with Gasteiger partial charge in [-0.3, -0.25) is 0 Å². The maximum Gasteiger partial charge on any atom is 0.118 e. The first-order chi connectivity index (χ1) is 7.86. The fourth-order valence-corrected chi connectivity index (χ4v) is 2.47. The minimum absolute atomic E-state index is 0.398. The molecule has 3 rings (SSSR count). The second kappa shape index (κ2) is 4.07. The standard InChI is InChI=1S/C12H13ClN2O/c13-10-4-1-5-15-11(10)7-14-12(15)9-3-2-6-16-8-9/h1,4-5,7,9H,2-3,6,8H2. The van der Waals surface area contributed by atoms with Crippen molar-refractivity contribution in [3.63, 3.8) is 0 Å². The molecular formula is C12H13ClN2O. The van der Waals surface area contributed by atoms with E-state index in [1.807, 2.05) is 24.5 Å². The van der Waals surface area contributed by atoms with E-state index in [1.54, 1.807) is 0 Å². The van der Waals surface area contributed by atoms with Crippen molar-refractivity contribution in [1.82, 2.24) is 9.38 Å². The van der Waals surface area contributed by atoms with Crippen molar-refractivity contribution < 1.29 is 4.74 Å². The number of rotatable bonds is 1. The molecule has 3 nitrogen and oxygen atoms in total. The Morgan fingerprint density at radius 1 is 1.50 bits per heavy atom. The van der Waals surface area contributed by atoms with Crippen molar-refractivity contribution >= 4 is 17.1 Å². The Morgan fingerprint density at radius 3 is 3.25 bits per heavy atom. The average Bonchev–Trinajstić information content (AvgIpc) is 2.75. The SMILES string of the molecule is Clc1cccn2c(C3CCCOC3)ncc12. The quantitative estimate of drug-likeness (QED) is 0.761. The molecule has 0 amide bonds. The fourth-order valence-electron chi connectivity index (χ4n) is 2.25. The highest BCUT2D eigenvalue weighted by Gasteiger charge is 2.20. The summed E-state index contributed by atoms with van der Waals surface area (Å²) in [7, 11) is 0. The van der Waals surface area contributed by atoms with Crippen molar-refractivity contribution in [3.8, 4) is 0 Å². The smallest absolute Gasteiger partial charge is 0.118 e. The monoisotopic (exact) mass is 236 g/mol. The molecule has 0 spiro atoms. The van der Waals surface area contributed by atoms with Gasteiger partial charge in [0.15, 0.2) is 0 Å². The van der Waals surface area contributed by atoms with E-state index < -0.39 is 0 Å². The largest absolute Gasteiger partial charge is 0.381 e. The van der Waals surface area contributed by atoms with Crippen LogP contribution in [0.25, 0.3) is 5.52 Å². The number of hydrogen-bond acceptors (Lipinski definition) is 2. The molecule has 1 atom stereocenters. The lowest BCUT2D eigenvalue weighted by atomic mass is 10.0. The van der Waals surface area contributed by atoms with Crippen LogP contribution in [0.1, 0.15) is 24.6 Å². The van der Waals surface area contributed by atoms with Gasteiger partial charge in [-0.25, -0.2) is 4.98 Å². The van der Waals surface area contributed by atoms with Crippen LogP contribution in [0.2, 0.25) is 5.02 Å². The Kier molecular flexibility index (Phi) is 2.58. The maximum atomic E-state index is 6.12. The van der Waals surface area contributed by atoms with E-state index in [4.69, 9.17) is 16.3 Å². The van der Waals surface area contributed by atoms with Crippen molar-refractivity contribution in [2.45, 2.75) is 18.8 Å². The first kappa shape index (κ1) is 10.1. The molecule has 16 heavy (non-hydrogen) atoms. The van der Waals surface area contributed by atoms with Crippen LogP contribution in [0, 0.1) is 0 Å². The number of imidazole rings is 1. The third-order valence-electron chi connectivity index (χ3n) is 3.07. The molecule has 3 heterocycles. The van der Waals surface area contributed by atoms with Gasteiger partial charge in [0.2, 0.25) is 0 Å². The summed E-state index contributed by atoms with van der Waals surface area (Å²) in [4.78, 5) is 4.48. The van der Waals surface area contributed by atoms with Crippen LogP contribution >= 0.6 is 11.6 Å². The van der Waals surface area contributed by atoms with Gasteiger partial charge < -0.3 is 9.14 Å². The second-order valence-corrected chi connectivity index (χ2v) is 4.55. The normalized spacial score (nSPS) is 21.4. The number of pyridine rings is 1. The highest BCUT2D eigenvalue weighted by Crippen LogP contribution is 2.27. The highest BCUT2D eigenvalue weighted by molar-refractivity contribution is 6.33. The Labute approximate surface area is 99.0 Å². The lowest BCUT2D eigenvalue weighted by molar-refractivity contribution is 0.0779. The van der Waals surface area contributed by atoms with Gasteiger partial charge >= 0.3 is 0 Å². The number of ether oxygens (including phenoxy) is 1. The molecule has 1 fully saturated rings. The third-order valence-corrected chi connectivity index (χ3v) is 3.39. The van der Waals surface area contributed by atoms with E-state index in [1.165, 1.54) is 0 Å². The van der Waals surface area contributed by atoms with Crippen molar-refractivity contribution in [2.75, 3.05) is 13.2 Å². The minimum Gasteiger partial charge on any atom is -0.381 e. The van der Waals surface area contributed by atoms with E-state index in [9.17, 15) is 0 Å². The number of halogens is 1. The van der Waals surface area contributed by atoms with Gasteiger partial charge in [-0.2, -0.15) is 0 Å². The second-order valence-electron chi connectivity index (χ2n) is 4.14. The van der Waals surface area contributed by atoms with E-state index in [0.29, 0.717) is 5.92 Å². The van der Waals surface area contributed by atoms with Gasteiger partial charge in [-0.05, 0) is 25.0 Å². The lowest BCUT2D eigenvalue weighted by Crippen LogP contribution is -2.17. The van der Waals surface area contributed by atoms with E-state index in [2.05, 4.69) is 9.38 Å². The molecule has 1 aliphatic rings. The van der Waals surface area contributed by atoms with Gasteiger partial charge in [0.25, 0.3) is 0 Å². The van der Waals surface area contributed by atoms with Gasteiger partial charge in [-0.1, -0.05) is 11.6 Å². The molecule has 1 saturated heterocycles. The molecule has 0 bridgehead atoms. The number of hydrogen-bond donors (Lipinski definition) is 0.